The molecule has 2 atom stereocenters. The van der Waals surface area contributed by atoms with Crippen molar-refractivity contribution in [2.75, 3.05) is 21.1 Å². The van der Waals surface area contributed by atoms with E-state index in [4.69, 9.17) is 0 Å². The molecule has 0 aliphatic heterocycles. The Morgan fingerprint density at radius 1 is 1.21 bits per heavy atom. The number of nitrogens with one attached hydrogen (secondary N) is 1. The molecular formula is C15H22N4. The van der Waals surface area contributed by atoms with E-state index in [0.29, 0.717) is 12.1 Å². The van der Waals surface area contributed by atoms with Crippen LogP contribution >= 0.6 is 0 Å². The zero-order valence-corrected chi connectivity index (χ0v) is 12.0. The monoisotopic (exact) mass is 258 g/mol. The van der Waals surface area contributed by atoms with Crippen LogP contribution in [0.2, 0.25) is 0 Å². The number of hydrogen-bond donors (Lipinski definition) is 1. The highest BCUT2D eigenvalue weighted by Crippen LogP contribution is 2.22. The molecule has 4 heteroatoms. The average Bonchev–Trinajstić information content (AvgIpc) is 2.88. The molecule has 1 aromatic carbocycles. The molecule has 2 aromatic rings. The van der Waals surface area contributed by atoms with Crippen LogP contribution in [0.15, 0.2) is 42.7 Å². The lowest BCUT2D eigenvalue weighted by molar-refractivity contribution is 0.247. The van der Waals surface area contributed by atoms with Crippen molar-refractivity contribution in [1.82, 2.24) is 20.0 Å². The van der Waals surface area contributed by atoms with Crippen LogP contribution < -0.4 is 5.32 Å². The molecule has 0 fully saturated rings. The normalized spacial score (nSPS) is 14.6. The number of nitrogens with zero attached hydrogens (tertiary/aromatic N) is 3. The molecule has 102 valence electrons. The molecule has 4 nitrogen and oxygen atoms in total. The SMILES string of the molecule is CN[C@@H](C)[C@H](c1cnn(-c2ccccc2)c1)N(C)C. The first-order valence-electron chi connectivity index (χ1n) is 6.57. The van der Waals surface area contributed by atoms with Crippen LogP contribution in [-0.4, -0.2) is 41.9 Å². The van der Waals surface area contributed by atoms with Crippen LogP contribution in [0.3, 0.4) is 0 Å². The molecule has 0 saturated heterocycles. The largest absolute Gasteiger partial charge is 0.315 e. The number of aromatic nitrogens is 2. The second-order valence-electron chi connectivity index (χ2n) is 5.04. The molecule has 1 heterocycles. The first kappa shape index (κ1) is 13.8. The summed E-state index contributed by atoms with van der Waals surface area (Å²) >= 11 is 0. The van der Waals surface area contributed by atoms with Crippen molar-refractivity contribution in [1.29, 1.82) is 0 Å². The van der Waals surface area contributed by atoms with Crippen LogP contribution in [0.5, 0.6) is 0 Å². The highest BCUT2D eigenvalue weighted by Gasteiger charge is 2.21. The molecule has 0 radical (unpaired) electrons. The van der Waals surface area contributed by atoms with Crippen LogP contribution in [0.4, 0.5) is 0 Å². The third-order valence-corrected chi connectivity index (χ3v) is 3.45. The summed E-state index contributed by atoms with van der Waals surface area (Å²) in [5.41, 5.74) is 2.30. The Balaban J connectivity index is 2.29. The van der Waals surface area contributed by atoms with Crippen molar-refractivity contribution in [2.45, 2.75) is 19.0 Å². The smallest absolute Gasteiger partial charge is 0.0645 e. The van der Waals surface area contributed by atoms with Gasteiger partial charge in [0.05, 0.1) is 17.9 Å². The lowest BCUT2D eigenvalue weighted by atomic mass is 10.0. The zero-order chi connectivity index (χ0) is 13.8. The van der Waals surface area contributed by atoms with E-state index in [1.54, 1.807) is 0 Å². The minimum atomic E-state index is 0.308. The first-order valence-corrected chi connectivity index (χ1v) is 6.57. The topological polar surface area (TPSA) is 33.1 Å². The summed E-state index contributed by atoms with van der Waals surface area (Å²) in [7, 11) is 6.18. The summed E-state index contributed by atoms with van der Waals surface area (Å²) in [5.74, 6) is 0. The maximum atomic E-state index is 4.47. The standard InChI is InChI=1S/C15H22N4/c1-12(16-2)15(18(3)4)13-10-17-19(11-13)14-8-6-5-7-9-14/h5-12,15-16H,1-4H3/t12-,15+/m0/s1. The van der Waals surface area contributed by atoms with Crippen LogP contribution in [0.25, 0.3) is 5.69 Å². The van der Waals surface area contributed by atoms with E-state index in [0.717, 1.165) is 5.69 Å². The van der Waals surface area contributed by atoms with E-state index in [2.05, 4.69) is 54.7 Å². The van der Waals surface area contributed by atoms with Crippen molar-refractivity contribution in [3.63, 3.8) is 0 Å². The van der Waals surface area contributed by atoms with E-state index in [9.17, 15) is 0 Å². The van der Waals surface area contributed by atoms with E-state index < -0.39 is 0 Å². The van der Waals surface area contributed by atoms with Gasteiger partial charge in [-0.3, -0.25) is 0 Å². The Morgan fingerprint density at radius 2 is 1.89 bits per heavy atom. The van der Waals surface area contributed by atoms with Crippen molar-refractivity contribution < 1.29 is 0 Å². The van der Waals surface area contributed by atoms with Gasteiger partial charge < -0.3 is 10.2 Å². The van der Waals surface area contributed by atoms with Crippen LogP contribution in [0.1, 0.15) is 18.5 Å². The lowest BCUT2D eigenvalue weighted by Gasteiger charge is -2.28. The maximum Gasteiger partial charge on any atom is 0.0645 e. The van der Waals surface area contributed by atoms with Crippen molar-refractivity contribution in [3.8, 4) is 5.69 Å². The molecule has 0 aliphatic carbocycles. The summed E-state index contributed by atoms with van der Waals surface area (Å²) < 4.78 is 1.92. The summed E-state index contributed by atoms with van der Waals surface area (Å²) in [6, 6.07) is 10.9. The van der Waals surface area contributed by atoms with Gasteiger partial charge in [-0.05, 0) is 40.2 Å². The van der Waals surface area contributed by atoms with E-state index >= 15 is 0 Å². The maximum absolute atomic E-state index is 4.47. The summed E-state index contributed by atoms with van der Waals surface area (Å²) in [6.45, 7) is 2.19. The molecule has 1 aromatic heterocycles. The number of likely N-dealkylation sites (N-methyl/N-ethyl adjacent to an activating group) is 2. The Hall–Kier alpha value is -1.65. The highest BCUT2D eigenvalue weighted by atomic mass is 15.3. The number of hydrogen-bond acceptors (Lipinski definition) is 3. The van der Waals surface area contributed by atoms with E-state index in [1.807, 2.05) is 36.1 Å². The summed E-state index contributed by atoms with van der Waals surface area (Å²) in [5, 5.41) is 7.78. The van der Waals surface area contributed by atoms with E-state index in [1.165, 1.54) is 5.56 Å². The number of rotatable bonds is 5. The fourth-order valence-corrected chi connectivity index (χ4v) is 2.40. The molecule has 2 rings (SSSR count). The van der Waals surface area contributed by atoms with Gasteiger partial charge in [-0.15, -0.1) is 0 Å². The molecule has 0 bridgehead atoms. The first-order chi connectivity index (χ1) is 9.13. The van der Waals surface area contributed by atoms with Gasteiger partial charge in [-0.2, -0.15) is 5.10 Å². The predicted octanol–water partition coefficient (Wildman–Crippen LogP) is 2.08. The van der Waals surface area contributed by atoms with Gasteiger partial charge in [-0.25, -0.2) is 4.68 Å². The third-order valence-electron chi connectivity index (χ3n) is 3.45. The highest BCUT2D eigenvalue weighted by molar-refractivity contribution is 5.31. The lowest BCUT2D eigenvalue weighted by Crippen LogP contribution is -2.37. The molecule has 19 heavy (non-hydrogen) atoms. The molecule has 0 unspecified atom stereocenters. The van der Waals surface area contributed by atoms with Gasteiger partial charge >= 0.3 is 0 Å². The van der Waals surface area contributed by atoms with Gasteiger partial charge in [0.1, 0.15) is 0 Å². The predicted molar refractivity (Wildman–Crippen MR) is 78.5 cm³/mol. The fraction of sp³-hybridized carbons (Fsp3) is 0.400. The van der Waals surface area contributed by atoms with E-state index in [-0.39, 0.29) is 0 Å². The summed E-state index contributed by atoms with van der Waals surface area (Å²) in [6.07, 6.45) is 4.05. The quantitative estimate of drug-likeness (QED) is 0.891. The van der Waals surface area contributed by atoms with Crippen molar-refractivity contribution in [2.24, 2.45) is 0 Å². The molecule has 1 N–H and O–H groups in total. The number of benzene rings is 1. The van der Waals surface area contributed by atoms with Crippen LogP contribution in [0, 0.1) is 0 Å². The van der Waals surface area contributed by atoms with Gasteiger partial charge in [0, 0.05) is 17.8 Å². The second kappa shape index (κ2) is 5.99. The van der Waals surface area contributed by atoms with Gasteiger partial charge in [0.2, 0.25) is 0 Å². The zero-order valence-electron chi connectivity index (χ0n) is 12.0. The van der Waals surface area contributed by atoms with Gasteiger partial charge in [0.15, 0.2) is 0 Å². The Morgan fingerprint density at radius 3 is 2.47 bits per heavy atom. The van der Waals surface area contributed by atoms with Crippen molar-refractivity contribution in [3.05, 3.63) is 48.3 Å². The van der Waals surface area contributed by atoms with Crippen molar-refractivity contribution >= 4 is 0 Å². The minimum Gasteiger partial charge on any atom is -0.315 e. The average molecular weight is 258 g/mol. The molecule has 0 spiro atoms. The van der Waals surface area contributed by atoms with Gasteiger partial charge in [0.25, 0.3) is 0 Å². The Labute approximate surface area is 115 Å². The molecule has 0 saturated carbocycles. The van der Waals surface area contributed by atoms with Crippen LogP contribution in [-0.2, 0) is 0 Å². The minimum absolute atomic E-state index is 0.308. The molecular weight excluding hydrogens is 236 g/mol. The molecule has 0 aliphatic rings. The third kappa shape index (κ3) is 3.03. The Kier molecular flexibility index (Phi) is 4.35. The Bertz CT molecular complexity index is 504. The summed E-state index contributed by atoms with van der Waals surface area (Å²) in [4.78, 5) is 2.22. The molecule has 0 amide bonds. The van der Waals surface area contributed by atoms with Gasteiger partial charge in [-0.1, -0.05) is 18.2 Å². The number of para-hydroxylation sites is 1. The second-order valence-corrected chi connectivity index (χ2v) is 5.04. The fourth-order valence-electron chi connectivity index (χ4n) is 2.40.